The number of rotatable bonds is 37. The van der Waals surface area contributed by atoms with E-state index in [1.165, 1.54) is 33.3 Å². The molecule has 0 aliphatic carbocycles. The molecule has 0 saturated carbocycles. The number of carbonyl (C=O) groups excluding carboxylic acids is 9. The van der Waals surface area contributed by atoms with Crippen LogP contribution >= 0.6 is 45.1 Å². The Bertz CT molecular complexity index is 2470. The number of benzene rings is 1. The molecule has 21 N–H and O–H groups in total. The Balaban J connectivity index is 2.46. The number of para-hydroxylation sites is 1. The van der Waals surface area contributed by atoms with Gasteiger partial charge in [0.2, 0.25) is 52.4 Å². The van der Waals surface area contributed by atoms with Crippen LogP contribution in [0.3, 0.4) is 0 Å². The number of aromatic amines is 1. The third kappa shape index (κ3) is 27.6. The summed E-state index contributed by atoms with van der Waals surface area (Å²) in [5.41, 5.74) is 29.2. The Morgan fingerprint density at radius 2 is 1.19 bits per heavy atom. The molecule has 0 aliphatic rings. The number of nitrogens with one attached hydrogen (secondary N) is 9. The number of fused-ring (bicyclic) bond motifs is 1. The summed E-state index contributed by atoms with van der Waals surface area (Å²) in [5.74, 6) is -8.22. The van der Waals surface area contributed by atoms with Crippen LogP contribution in [0.15, 0.2) is 40.4 Å². The second kappa shape index (κ2) is 36.7. The molecule has 0 aliphatic heterocycles. The fourth-order valence-corrected chi connectivity index (χ4v) is 10.5. The average molecular weight is 1200 g/mol. The van der Waals surface area contributed by atoms with Crippen LogP contribution in [-0.4, -0.2) is 189 Å². The van der Waals surface area contributed by atoms with Gasteiger partial charge in [-0.2, -0.15) is 11.8 Å². The van der Waals surface area contributed by atoms with Crippen molar-refractivity contribution in [3.63, 3.8) is 0 Å². The number of aliphatic imine (C=N–C) groups is 2. The zero-order valence-electron chi connectivity index (χ0n) is 45.4. The van der Waals surface area contributed by atoms with Gasteiger partial charge >= 0.3 is 5.97 Å². The van der Waals surface area contributed by atoms with Crippen LogP contribution in [0.4, 0.5) is 0 Å². The maximum Gasteiger partial charge on any atom is 0.305 e. The van der Waals surface area contributed by atoms with Crippen molar-refractivity contribution in [3.8, 4) is 0 Å². The van der Waals surface area contributed by atoms with Crippen LogP contribution in [0.2, 0.25) is 0 Å². The molecule has 7 atom stereocenters. The van der Waals surface area contributed by atoms with Crippen molar-refractivity contribution in [2.45, 2.75) is 120 Å². The van der Waals surface area contributed by atoms with Crippen molar-refractivity contribution in [1.29, 1.82) is 0 Å². The van der Waals surface area contributed by atoms with Crippen molar-refractivity contribution >= 4 is 126 Å². The van der Waals surface area contributed by atoms with Crippen LogP contribution in [0.25, 0.3) is 10.9 Å². The molecular weight excluding hydrogens is 1120 g/mol. The molecule has 0 saturated heterocycles. The quantitative estimate of drug-likeness (QED) is 0.0138. The molecular formula is C48H78N16O12S4. The standard InChI is InChI=1S/C48H78N16O12S4/c1-6-78-38(69)23-58-40(71)30(13-9-16-54-46(50)51)60-42(73)32(15-18-77-5)62-43(74)33(19-26-21-56-29-12-8-7-11-27(26)29)63-41(72)31(14-10-17-55-47(52)53)61-45(76)35(24-65)64-44(75)34(20-37(67)68)59-36(66)22-57-39(70)28(49)25-79-80-48(2,3)4/h7-8,11-12,21,28,30-35,56,65H,6,9-10,13-20,22-25,49H2,1-5H3,(H,57,70)(H,58,71)(H,59,66)(H,60,73)(H,61,76)(H,62,74)(H,63,72)(H,64,75)(H,67,68)(H4,50,51,54)(H4,52,53,55)/t28-,30-,31-,32-,33-,34-,35-/m0/s1. The molecule has 80 heavy (non-hydrogen) atoms. The number of carboxylic acids is 1. The summed E-state index contributed by atoms with van der Waals surface area (Å²) >= 11 is 2.37. The van der Waals surface area contributed by atoms with E-state index < -0.39 is 115 Å². The molecule has 0 bridgehead atoms. The van der Waals surface area contributed by atoms with Crippen molar-refractivity contribution in [2.75, 3.05) is 56.3 Å². The number of amides is 8. The van der Waals surface area contributed by atoms with E-state index in [9.17, 15) is 58.2 Å². The van der Waals surface area contributed by atoms with Crippen LogP contribution in [-0.2, 0) is 54.4 Å². The number of H-pyrrole nitrogens is 1. The van der Waals surface area contributed by atoms with Crippen molar-refractivity contribution in [3.05, 3.63) is 36.0 Å². The fraction of sp³-hybridized carbons (Fsp3) is 0.583. The van der Waals surface area contributed by atoms with Gasteiger partial charge in [0.1, 0.15) is 36.3 Å². The largest absolute Gasteiger partial charge is 0.481 e. The number of guanidine groups is 2. The number of carbonyl (C=O) groups is 10. The minimum absolute atomic E-state index is 0.0346. The Kier molecular flexibility index (Phi) is 32.0. The third-order valence-corrected chi connectivity index (χ3v) is 15.8. The highest BCUT2D eigenvalue weighted by molar-refractivity contribution is 8.77. The molecule has 28 nitrogen and oxygen atoms in total. The van der Waals surface area contributed by atoms with Gasteiger partial charge in [0.25, 0.3) is 0 Å². The summed E-state index contributed by atoms with van der Waals surface area (Å²) in [6, 6.07) is -3.03. The molecule has 8 amide bonds. The van der Waals surface area contributed by atoms with E-state index in [1.54, 1.807) is 43.6 Å². The Morgan fingerprint density at radius 1 is 0.675 bits per heavy atom. The second-order valence-corrected chi connectivity index (χ2v) is 24.3. The summed E-state index contributed by atoms with van der Waals surface area (Å²) in [7, 11) is 2.86. The van der Waals surface area contributed by atoms with Crippen LogP contribution in [0.5, 0.6) is 0 Å². The van der Waals surface area contributed by atoms with Crippen molar-refractivity contribution < 1.29 is 58.2 Å². The zero-order chi connectivity index (χ0) is 60.0. The van der Waals surface area contributed by atoms with Crippen molar-refractivity contribution in [1.82, 2.24) is 47.5 Å². The van der Waals surface area contributed by atoms with Gasteiger partial charge in [-0.25, -0.2) is 0 Å². The lowest BCUT2D eigenvalue weighted by atomic mass is 10.0. The third-order valence-electron chi connectivity index (χ3n) is 11.0. The number of aliphatic carboxylic acids is 1. The van der Waals surface area contributed by atoms with Gasteiger partial charge in [0.05, 0.1) is 32.2 Å². The number of nitrogens with two attached hydrogens (primary N) is 5. The number of carboxylic acid groups (broad SMARTS) is 1. The van der Waals surface area contributed by atoms with Crippen molar-refractivity contribution in [2.24, 2.45) is 38.7 Å². The minimum Gasteiger partial charge on any atom is -0.481 e. The highest BCUT2D eigenvalue weighted by Crippen LogP contribution is 2.35. The van der Waals surface area contributed by atoms with Gasteiger partial charge in [-0.05, 0) is 61.5 Å². The smallest absolute Gasteiger partial charge is 0.305 e. The fourth-order valence-electron chi connectivity index (χ4n) is 7.12. The first-order valence-corrected chi connectivity index (χ1v) is 30.0. The molecule has 1 aromatic heterocycles. The maximum atomic E-state index is 14.6. The molecule has 446 valence electrons. The second-order valence-electron chi connectivity index (χ2n) is 18.8. The molecule has 32 heteroatoms. The summed E-state index contributed by atoms with van der Waals surface area (Å²) in [6.45, 7) is 5.70. The van der Waals surface area contributed by atoms with Gasteiger partial charge in [0.15, 0.2) is 11.9 Å². The van der Waals surface area contributed by atoms with Crippen LogP contribution in [0.1, 0.15) is 71.8 Å². The normalized spacial score (nSPS) is 13.8. The molecule has 2 aromatic rings. The minimum atomic E-state index is -1.85. The number of thioether (sulfide) groups is 2. The van der Waals surface area contributed by atoms with Gasteiger partial charge in [-0.3, -0.25) is 57.9 Å². The zero-order valence-corrected chi connectivity index (χ0v) is 48.7. The van der Waals surface area contributed by atoms with Gasteiger partial charge < -0.3 is 86.4 Å². The predicted octanol–water partition coefficient (Wildman–Crippen LogP) is -3.03. The molecule has 0 radical (unpaired) electrons. The first kappa shape index (κ1) is 69.6. The molecule has 1 aromatic carbocycles. The van der Waals surface area contributed by atoms with Gasteiger partial charge in [-0.15, -0.1) is 0 Å². The number of aliphatic hydroxyl groups is 1. The number of hydrogen-bond acceptors (Lipinski definition) is 18. The SMILES string of the molecule is CCSC(=O)CNC(=O)[C@H](CCCN=C(N)N)NC(=O)[C@H](CCSC)NC(=O)[C@H](Cc1c[nH]c2ccccc12)NC(=O)[C@H](CCCN=C(N)N)NC(=O)[C@H](CO)NC(=O)[C@H](CC(=O)O)NC(=O)CNC(=O)[C@@H](N)CSSC(C)(C)C. The van der Waals surface area contributed by atoms with E-state index >= 15 is 0 Å². The van der Waals surface area contributed by atoms with E-state index in [4.69, 9.17) is 28.7 Å². The number of nitrogens with zero attached hydrogens (tertiary/aromatic N) is 2. The lowest BCUT2D eigenvalue weighted by Crippen LogP contribution is -2.60. The molecule has 1 heterocycles. The Hall–Kier alpha value is -6.48. The molecule has 0 unspecified atom stereocenters. The summed E-state index contributed by atoms with van der Waals surface area (Å²) in [6.07, 6.45) is 2.43. The molecule has 0 fully saturated rings. The van der Waals surface area contributed by atoms with E-state index in [0.717, 1.165) is 11.8 Å². The Morgan fingerprint density at radius 3 is 1.74 bits per heavy atom. The van der Waals surface area contributed by atoms with E-state index in [0.29, 0.717) is 28.0 Å². The summed E-state index contributed by atoms with van der Waals surface area (Å²) < 4.78 is -0.111. The average Bonchev–Trinajstić information content (AvgIpc) is 3.80. The number of hydrogen-bond donors (Lipinski definition) is 16. The maximum absolute atomic E-state index is 14.6. The Labute approximate surface area is 480 Å². The number of aromatic nitrogens is 1. The highest BCUT2D eigenvalue weighted by atomic mass is 33.1. The lowest BCUT2D eigenvalue weighted by Gasteiger charge is -2.27. The topological polar surface area (TPSA) is 478 Å². The number of aliphatic hydroxyl groups excluding tert-OH is 1. The molecule has 0 spiro atoms. The van der Waals surface area contributed by atoms with Gasteiger partial charge in [0, 0.05) is 47.1 Å². The van der Waals surface area contributed by atoms with Crippen LogP contribution < -0.4 is 71.2 Å². The van der Waals surface area contributed by atoms with E-state index in [-0.39, 0.29) is 85.7 Å². The lowest BCUT2D eigenvalue weighted by molar-refractivity contribution is -0.141. The monoisotopic (exact) mass is 1200 g/mol. The summed E-state index contributed by atoms with van der Waals surface area (Å²) in [5, 5.41) is 40.2. The van der Waals surface area contributed by atoms with E-state index in [1.807, 2.05) is 20.8 Å². The highest BCUT2D eigenvalue weighted by Gasteiger charge is 2.34. The first-order valence-electron chi connectivity index (χ1n) is 25.3. The van der Waals surface area contributed by atoms with E-state index in [2.05, 4.69) is 57.5 Å². The first-order chi connectivity index (χ1) is 37.8. The predicted molar refractivity (Wildman–Crippen MR) is 313 cm³/mol. The molecule has 2 rings (SSSR count). The van der Waals surface area contributed by atoms with Gasteiger partial charge in [-0.1, -0.05) is 79.2 Å². The summed E-state index contributed by atoms with van der Waals surface area (Å²) in [4.78, 5) is 145. The van der Waals surface area contributed by atoms with Crippen LogP contribution in [0, 0.1) is 0 Å².